The molecular weight excluding hydrogens is 452 g/mol. The molecule has 8 nitrogen and oxygen atoms in total. The number of halogens is 1. The van der Waals surface area contributed by atoms with E-state index in [0.717, 1.165) is 0 Å². The summed E-state index contributed by atoms with van der Waals surface area (Å²) >= 11 is 4.68. The summed E-state index contributed by atoms with van der Waals surface area (Å²) in [5, 5.41) is 22.3. The molecule has 1 N–H and O–H groups in total. The van der Waals surface area contributed by atoms with Crippen LogP contribution in [0.3, 0.4) is 0 Å². The second-order valence-electron chi connectivity index (χ2n) is 7.08. The first-order valence-electron chi connectivity index (χ1n) is 8.63. The zero-order valence-electron chi connectivity index (χ0n) is 15.2. The highest BCUT2D eigenvalue weighted by molar-refractivity contribution is 9.10. The number of thioether (sulfide) groups is 1. The van der Waals surface area contributed by atoms with Crippen molar-refractivity contribution >= 4 is 45.3 Å². The van der Waals surface area contributed by atoms with Gasteiger partial charge in [0.15, 0.2) is 4.32 Å². The van der Waals surface area contributed by atoms with Gasteiger partial charge in [0.1, 0.15) is 17.7 Å². The van der Waals surface area contributed by atoms with Gasteiger partial charge < -0.3 is 9.84 Å². The van der Waals surface area contributed by atoms with Crippen LogP contribution in [-0.4, -0.2) is 42.6 Å². The summed E-state index contributed by atoms with van der Waals surface area (Å²) in [5.41, 5.74) is 0.681. The van der Waals surface area contributed by atoms with Crippen molar-refractivity contribution in [3.8, 4) is 0 Å². The molecule has 2 aliphatic heterocycles. The number of hydrogen-bond donors (Lipinski definition) is 1. The van der Waals surface area contributed by atoms with E-state index in [1.54, 1.807) is 5.41 Å². The zero-order chi connectivity index (χ0) is 20.6. The van der Waals surface area contributed by atoms with Crippen molar-refractivity contribution in [2.45, 2.75) is 42.7 Å². The van der Waals surface area contributed by atoms with Crippen LogP contribution in [0.15, 0.2) is 35.4 Å². The largest absolute Gasteiger partial charge is 0.456 e. The SMILES string of the molecule is CC(C)C[C@@H](O)[C@]1(Br)C(=O)N2C(C(=O)OCc3ccc([N+](=O)[O-])cc3)=CS[C@@H]21. The van der Waals surface area contributed by atoms with Gasteiger partial charge in [-0.25, -0.2) is 4.79 Å². The van der Waals surface area contributed by atoms with Crippen molar-refractivity contribution in [1.82, 2.24) is 4.90 Å². The predicted octanol–water partition coefficient (Wildman–Crippen LogP) is 2.94. The van der Waals surface area contributed by atoms with Crippen molar-refractivity contribution in [2.75, 3.05) is 0 Å². The summed E-state index contributed by atoms with van der Waals surface area (Å²) in [7, 11) is 0. The molecule has 2 aliphatic rings. The Morgan fingerprint density at radius 3 is 2.64 bits per heavy atom. The van der Waals surface area contributed by atoms with E-state index < -0.39 is 26.7 Å². The summed E-state index contributed by atoms with van der Waals surface area (Å²) in [6.45, 7) is 3.85. The van der Waals surface area contributed by atoms with Gasteiger partial charge in [-0.2, -0.15) is 0 Å². The number of benzene rings is 1. The van der Waals surface area contributed by atoms with Crippen molar-refractivity contribution in [2.24, 2.45) is 5.92 Å². The lowest BCUT2D eigenvalue weighted by atomic mass is 9.86. The summed E-state index contributed by atoms with van der Waals surface area (Å²) in [6.07, 6.45) is -0.403. The van der Waals surface area contributed by atoms with Gasteiger partial charge in [0.05, 0.1) is 11.0 Å². The number of carbonyl (C=O) groups excluding carboxylic acids is 2. The number of alkyl halides is 1. The number of β-lactam (4-membered cyclic amide) rings is 1. The lowest BCUT2D eigenvalue weighted by Crippen LogP contribution is -2.72. The van der Waals surface area contributed by atoms with Crippen LogP contribution in [0.5, 0.6) is 0 Å². The van der Waals surface area contributed by atoms with Gasteiger partial charge >= 0.3 is 5.97 Å². The number of aliphatic hydroxyl groups is 1. The lowest BCUT2D eigenvalue weighted by molar-refractivity contribution is -0.384. The van der Waals surface area contributed by atoms with E-state index in [1.807, 2.05) is 13.8 Å². The first kappa shape index (κ1) is 20.8. The third-order valence-electron chi connectivity index (χ3n) is 4.61. The fraction of sp³-hybridized carbons (Fsp3) is 0.444. The molecule has 28 heavy (non-hydrogen) atoms. The molecule has 0 radical (unpaired) electrons. The van der Waals surface area contributed by atoms with E-state index in [9.17, 15) is 24.8 Å². The van der Waals surface area contributed by atoms with E-state index in [2.05, 4.69) is 15.9 Å². The first-order valence-corrected chi connectivity index (χ1v) is 10.4. The van der Waals surface area contributed by atoms with Crippen molar-refractivity contribution < 1.29 is 24.4 Å². The van der Waals surface area contributed by atoms with Crippen LogP contribution in [0.4, 0.5) is 5.69 Å². The standard InChI is InChI=1S/C18H19BrN2O6S/c1-10(2)7-14(22)18(19)16(24)20-13(9-28-17(18)20)15(23)27-8-11-3-5-12(6-4-11)21(25)26/h3-6,9-10,14,17,22H,7-8H2,1-2H3/t14-,17-,18+/m1/s1. The highest BCUT2D eigenvalue weighted by Crippen LogP contribution is 2.54. The molecule has 10 heteroatoms. The minimum Gasteiger partial charge on any atom is -0.456 e. The van der Waals surface area contributed by atoms with Crippen LogP contribution in [0.1, 0.15) is 25.8 Å². The molecule has 0 bridgehead atoms. The molecule has 0 unspecified atom stereocenters. The Morgan fingerprint density at radius 1 is 1.43 bits per heavy atom. The molecule has 0 spiro atoms. The molecule has 0 aliphatic carbocycles. The molecule has 3 rings (SSSR count). The number of esters is 1. The Kier molecular flexibility index (Phi) is 5.83. The predicted molar refractivity (Wildman–Crippen MR) is 106 cm³/mol. The molecule has 1 aromatic rings. The number of rotatable bonds is 7. The van der Waals surface area contributed by atoms with Gasteiger partial charge in [-0.05, 0) is 30.0 Å². The Labute approximate surface area is 174 Å². The summed E-state index contributed by atoms with van der Waals surface area (Å²) in [5.74, 6) is -0.805. The van der Waals surface area contributed by atoms with E-state index in [0.29, 0.717) is 12.0 Å². The molecule has 3 atom stereocenters. The summed E-state index contributed by atoms with van der Waals surface area (Å²) < 4.78 is 4.13. The average Bonchev–Trinajstić information content (AvgIpc) is 3.07. The number of nitro benzene ring substituents is 1. The Balaban J connectivity index is 1.61. The van der Waals surface area contributed by atoms with E-state index in [1.165, 1.54) is 40.9 Å². The fourth-order valence-corrected chi connectivity index (χ4v) is 5.27. The van der Waals surface area contributed by atoms with Gasteiger partial charge in [-0.1, -0.05) is 29.8 Å². The third-order valence-corrected chi connectivity index (χ3v) is 7.42. The highest BCUT2D eigenvalue weighted by atomic mass is 79.9. The summed E-state index contributed by atoms with van der Waals surface area (Å²) in [6, 6.07) is 5.68. The quantitative estimate of drug-likeness (QED) is 0.214. The Bertz CT molecular complexity index is 843. The maximum Gasteiger partial charge on any atom is 0.355 e. The van der Waals surface area contributed by atoms with Crippen LogP contribution in [0.2, 0.25) is 0 Å². The molecule has 150 valence electrons. The van der Waals surface area contributed by atoms with Crippen molar-refractivity contribution in [3.63, 3.8) is 0 Å². The number of nitro groups is 1. The van der Waals surface area contributed by atoms with Crippen LogP contribution in [0.25, 0.3) is 0 Å². The molecule has 1 aromatic carbocycles. The van der Waals surface area contributed by atoms with Crippen LogP contribution in [0, 0.1) is 16.0 Å². The molecule has 0 saturated carbocycles. The highest BCUT2D eigenvalue weighted by Gasteiger charge is 2.67. The lowest BCUT2D eigenvalue weighted by Gasteiger charge is -2.51. The number of aliphatic hydroxyl groups excluding tert-OH is 1. The molecule has 1 saturated heterocycles. The van der Waals surface area contributed by atoms with Gasteiger partial charge in [-0.15, -0.1) is 11.8 Å². The Morgan fingerprint density at radius 2 is 2.07 bits per heavy atom. The number of ether oxygens (including phenoxy) is 1. The van der Waals surface area contributed by atoms with Gasteiger partial charge in [0.2, 0.25) is 0 Å². The molecule has 2 heterocycles. The number of carbonyl (C=O) groups is 2. The average molecular weight is 471 g/mol. The summed E-state index contributed by atoms with van der Waals surface area (Å²) in [4.78, 5) is 36.6. The number of non-ortho nitro benzene ring substituents is 1. The molecular formula is C18H19BrN2O6S. The topological polar surface area (TPSA) is 110 Å². The van der Waals surface area contributed by atoms with E-state index >= 15 is 0 Å². The minimum absolute atomic E-state index is 0.0485. The van der Waals surface area contributed by atoms with Crippen molar-refractivity contribution in [1.29, 1.82) is 0 Å². The van der Waals surface area contributed by atoms with E-state index in [4.69, 9.17) is 4.74 Å². The van der Waals surface area contributed by atoms with E-state index in [-0.39, 0.29) is 29.8 Å². The number of amides is 1. The number of hydrogen-bond acceptors (Lipinski definition) is 7. The first-order chi connectivity index (χ1) is 13.2. The van der Waals surface area contributed by atoms with Gasteiger partial charge in [0.25, 0.3) is 11.6 Å². The number of fused-ring (bicyclic) bond motifs is 1. The molecule has 1 amide bonds. The minimum atomic E-state index is -1.11. The number of nitrogens with zero attached hydrogens (tertiary/aromatic N) is 2. The second-order valence-corrected chi connectivity index (χ2v) is 9.35. The third kappa shape index (κ3) is 3.56. The van der Waals surface area contributed by atoms with Crippen LogP contribution >= 0.6 is 27.7 Å². The maximum absolute atomic E-state index is 12.7. The smallest absolute Gasteiger partial charge is 0.355 e. The normalized spacial score (nSPS) is 24.5. The van der Waals surface area contributed by atoms with Crippen LogP contribution < -0.4 is 0 Å². The second kappa shape index (κ2) is 7.84. The maximum atomic E-state index is 12.7. The van der Waals surface area contributed by atoms with Gasteiger partial charge in [0, 0.05) is 17.5 Å². The van der Waals surface area contributed by atoms with Crippen LogP contribution in [-0.2, 0) is 20.9 Å². The zero-order valence-corrected chi connectivity index (χ0v) is 17.6. The monoisotopic (exact) mass is 470 g/mol. The van der Waals surface area contributed by atoms with Gasteiger partial charge in [-0.3, -0.25) is 19.8 Å². The molecule has 1 fully saturated rings. The molecule has 0 aromatic heterocycles. The Hall–Kier alpha value is -1.91. The fourth-order valence-electron chi connectivity index (χ4n) is 3.11. The van der Waals surface area contributed by atoms with Crippen molar-refractivity contribution in [3.05, 3.63) is 51.0 Å².